The van der Waals surface area contributed by atoms with Gasteiger partial charge < -0.3 is 4.57 Å². The second-order valence-corrected chi connectivity index (χ2v) is 7.55. The van der Waals surface area contributed by atoms with Crippen LogP contribution >= 0.6 is 0 Å². The van der Waals surface area contributed by atoms with Gasteiger partial charge in [-0.1, -0.05) is 43.3 Å². The summed E-state index contributed by atoms with van der Waals surface area (Å²) in [6, 6.07) is 15.9. The molecule has 0 saturated heterocycles. The van der Waals surface area contributed by atoms with Crippen LogP contribution in [0.15, 0.2) is 64.3 Å². The number of benzene rings is 1. The summed E-state index contributed by atoms with van der Waals surface area (Å²) in [7, 11) is 3.14. The Kier molecular flexibility index (Phi) is 4.35. The summed E-state index contributed by atoms with van der Waals surface area (Å²) in [5, 5.41) is 0. The molecule has 0 aliphatic rings. The van der Waals surface area contributed by atoms with Crippen molar-refractivity contribution < 1.29 is 0 Å². The lowest BCUT2D eigenvalue weighted by molar-refractivity contribution is 0.707. The molecule has 0 N–H and O–H groups in total. The summed E-state index contributed by atoms with van der Waals surface area (Å²) in [5.74, 6) is 0.620. The van der Waals surface area contributed by atoms with Crippen LogP contribution in [0, 0.1) is 0 Å². The predicted octanol–water partition coefficient (Wildman–Crippen LogP) is 2.36. The Hall–Kier alpha value is -3.94. The van der Waals surface area contributed by atoms with E-state index < -0.39 is 5.69 Å². The van der Waals surface area contributed by atoms with Gasteiger partial charge in [0.1, 0.15) is 0 Å². The van der Waals surface area contributed by atoms with Crippen molar-refractivity contribution >= 4 is 16.9 Å². The first kappa shape index (κ1) is 19.0. The van der Waals surface area contributed by atoms with Gasteiger partial charge in [-0.25, -0.2) is 4.79 Å². The highest BCUT2D eigenvalue weighted by atomic mass is 16.2. The lowest BCUT2D eigenvalue weighted by Crippen LogP contribution is -2.37. The zero-order valence-corrected chi connectivity index (χ0v) is 17.6. The van der Waals surface area contributed by atoms with Gasteiger partial charge in [-0.15, -0.1) is 0 Å². The Morgan fingerprint density at radius 2 is 1.68 bits per heavy atom. The molecule has 0 amide bonds. The molecule has 0 spiro atoms. The Bertz CT molecular complexity index is 1540. The third-order valence-corrected chi connectivity index (χ3v) is 5.72. The molecule has 0 aliphatic carbocycles. The van der Waals surface area contributed by atoms with Gasteiger partial charge in [0.25, 0.3) is 5.56 Å². The summed E-state index contributed by atoms with van der Waals surface area (Å²) in [6.07, 6.45) is 2.45. The molecule has 156 valence electrons. The molecule has 8 nitrogen and oxygen atoms in total. The zero-order valence-electron chi connectivity index (χ0n) is 17.6. The van der Waals surface area contributed by atoms with Crippen molar-refractivity contribution in [3.05, 3.63) is 87.0 Å². The van der Waals surface area contributed by atoms with Crippen molar-refractivity contribution in [3.63, 3.8) is 0 Å². The third kappa shape index (κ3) is 2.75. The Balaban J connectivity index is 1.96. The SMILES string of the molecule is CCc1c(-c2ccccc2)n(Cc2ccccn2)c2nc3c(c(=O)n(C)c(=O)n3C)n12. The summed E-state index contributed by atoms with van der Waals surface area (Å²) in [5.41, 5.74) is 3.93. The van der Waals surface area contributed by atoms with E-state index in [1.54, 1.807) is 13.2 Å². The molecule has 4 aromatic heterocycles. The van der Waals surface area contributed by atoms with Gasteiger partial charge in [0.2, 0.25) is 5.78 Å². The van der Waals surface area contributed by atoms with Gasteiger partial charge >= 0.3 is 5.69 Å². The van der Waals surface area contributed by atoms with E-state index in [0.717, 1.165) is 27.2 Å². The van der Waals surface area contributed by atoms with Crippen LogP contribution in [0.4, 0.5) is 0 Å². The van der Waals surface area contributed by atoms with Crippen LogP contribution in [-0.2, 0) is 27.1 Å². The normalized spacial score (nSPS) is 11.6. The lowest BCUT2D eigenvalue weighted by Gasteiger charge is -2.11. The third-order valence-electron chi connectivity index (χ3n) is 5.72. The highest BCUT2D eigenvalue weighted by molar-refractivity contribution is 5.80. The van der Waals surface area contributed by atoms with Crippen molar-refractivity contribution in [1.82, 2.24) is 28.1 Å². The monoisotopic (exact) mass is 414 g/mol. The van der Waals surface area contributed by atoms with Gasteiger partial charge in [0.15, 0.2) is 11.2 Å². The summed E-state index contributed by atoms with van der Waals surface area (Å²) >= 11 is 0. The lowest BCUT2D eigenvalue weighted by atomic mass is 10.1. The van der Waals surface area contributed by atoms with E-state index in [-0.39, 0.29) is 5.56 Å². The minimum absolute atomic E-state index is 0.352. The van der Waals surface area contributed by atoms with E-state index in [0.29, 0.717) is 29.9 Å². The first-order chi connectivity index (χ1) is 15.0. The molecule has 8 heteroatoms. The highest BCUT2D eigenvalue weighted by Gasteiger charge is 2.25. The molecule has 1 aromatic carbocycles. The van der Waals surface area contributed by atoms with Crippen LogP contribution in [0.2, 0.25) is 0 Å². The number of pyridine rings is 1. The number of hydrogen-bond donors (Lipinski definition) is 0. The number of fused-ring (bicyclic) bond motifs is 3. The zero-order chi connectivity index (χ0) is 21.7. The maximum Gasteiger partial charge on any atom is 0.332 e. The highest BCUT2D eigenvalue weighted by Crippen LogP contribution is 2.31. The minimum atomic E-state index is -0.393. The first-order valence-electron chi connectivity index (χ1n) is 10.2. The Morgan fingerprint density at radius 3 is 2.35 bits per heavy atom. The van der Waals surface area contributed by atoms with Gasteiger partial charge in [0.05, 0.1) is 23.6 Å². The fourth-order valence-electron chi connectivity index (χ4n) is 4.23. The first-order valence-corrected chi connectivity index (χ1v) is 10.2. The molecule has 0 saturated carbocycles. The number of aromatic nitrogens is 6. The topological polar surface area (TPSA) is 79.1 Å². The second kappa shape index (κ2) is 7.09. The summed E-state index contributed by atoms with van der Waals surface area (Å²) < 4.78 is 6.55. The number of nitrogens with zero attached hydrogens (tertiary/aromatic N) is 6. The maximum atomic E-state index is 13.1. The largest absolute Gasteiger partial charge is 0.332 e. The summed E-state index contributed by atoms with van der Waals surface area (Å²) in [4.78, 5) is 34.9. The average molecular weight is 414 g/mol. The van der Waals surface area contributed by atoms with Crippen LogP contribution in [0.5, 0.6) is 0 Å². The van der Waals surface area contributed by atoms with E-state index in [9.17, 15) is 9.59 Å². The van der Waals surface area contributed by atoms with Crippen molar-refractivity contribution in [2.75, 3.05) is 0 Å². The van der Waals surface area contributed by atoms with Crippen LogP contribution in [0.1, 0.15) is 18.3 Å². The molecule has 31 heavy (non-hydrogen) atoms. The maximum absolute atomic E-state index is 13.1. The quantitative estimate of drug-likeness (QED) is 0.452. The fraction of sp³-hybridized carbons (Fsp3) is 0.217. The predicted molar refractivity (Wildman–Crippen MR) is 119 cm³/mol. The van der Waals surface area contributed by atoms with Gasteiger partial charge in [0, 0.05) is 25.9 Å². The van der Waals surface area contributed by atoms with E-state index in [4.69, 9.17) is 4.98 Å². The molecular weight excluding hydrogens is 392 g/mol. The molecular formula is C23H22N6O2. The number of aryl methyl sites for hydroxylation is 2. The Labute approximate surface area is 177 Å². The molecule has 0 unspecified atom stereocenters. The smallest absolute Gasteiger partial charge is 0.303 e. The van der Waals surface area contributed by atoms with Crippen molar-refractivity contribution in [3.8, 4) is 11.3 Å². The van der Waals surface area contributed by atoms with Gasteiger partial charge in [-0.2, -0.15) is 4.98 Å². The number of rotatable bonds is 4. The second-order valence-electron chi connectivity index (χ2n) is 7.55. The van der Waals surface area contributed by atoms with Crippen molar-refractivity contribution in [2.45, 2.75) is 19.9 Å². The molecule has 0 fully saturated rings. The fourth-order valence-corrected chi connectivity index (χ4v) is 4.23. The molecule has 5 aromatic rings. The van der Waals surface area contributed by atoms with E-state index >= 15 is 0 Å². The van der Waals surface area contributed by atoms with Gasteiger partial charge in [-0.05, 0) is 18.6 Å². The molecule has 0 atom stereocenters. The Morgan fingerprint density at radius 1 is 0.935 bits per heavy atom. The molecule has 0 bridgehead atoms. The van der Waals surface area contributed by atoms with Crippen LogP contribution in [-0.4, -0.2) is 28.1 Å². The summed E-state index contributed by atoms with van der Waals surface area (Å²) in [6.45, 7) is 2.55. The number of hydrogen-bond acceptors (Lipinski definition) is 4. The van der Waals surface area contributed by atoms with Crippen LogP contribution in [0.3, 0.4) is 0 Å². The van der Waals surface area contributed by atoms with E-state index in [1.165, 1.54) is 11.6 Å². The molecule has 0 radical (unpaired) electrons. The van der Waals surface area contributed by atoms with Gasteiger partial charge in [-0.3, -0.25) is 23.3 Å². The molecule has 0 aliphatic heterocycles. The van der Waals surface area contributed by atoms with E-state index in [2.05, 4.69) is 28.6 Å². The minimum Gasteiger partial charge on any atom is -0.303 e. The van der Waals surface area contributed by atoms with Crippen molar-refractivity contribution in [1.29, 1.82) is 0 Å². The average Bonchev–Trinajstić information content (AvgIpc) is 3.33. The molecule has 4 heterocycles. The van der Waals surface area contributed by atoms with Crippen molar-refractivity contribution in [2.24, 2.45) is 14.1 Å². The molecule has 5 rings (SSSR count). The number of imidazole rings is 2. The standard InChI is InChI=1S/C23H22N6O2/c1-4-17-18(15-10-6-5-7-11-15)28(14-16-12-8-9-13-24-16)22-25-20-19(29(17)22)21(30)27(3)23(31)26(20)2/h5-13H,4,14H2,1-3H3. The van der Waals surface area contributed by atoms with E-state index in [1.807, 2.05) is 40.8 Å². The van der Waals surface area contributed by atoms with Crippen LogP contribution in [0.25, 0.3) is 28.2 Å². The van der Waals surface area contributed by atoms with Crippen LogP contribution < -0.4 is 11.2 Å².